The first kappa shape index (κ1) is 17.6. The molecule has 0 unspecified atom stereocenters. The summed E-state index contributed by atoms with van der Waals surface area (Å²) in [6, 6.07) is 5.89. The van der Waals surface area contributed by atoms with Gasteiger partial charge in [-0.2, -0.15) is 0 Å². The van der Waals surface area contributed by atoms with E-state index in [1.54, 1.807) is 0 Å². The first-order valence-electron chi connectivity index (χ1n) is 6.80. The second kappa shape index (κ2) is 7.70. The van der Waals surface area contributed by atoms with E-state index in [1.165, 1.54) is 23.5 Å². The molecule has 0 amide bonds. The summed E-state index contributed by atoms with van der Waals surface area (Å²) in [6.45, 7) is 3.11. The van der Waals surface area contributed by atoms with Gasteiger partial charge in [0.15, 0.2) is 0 Å². The molecule has 0 radical (unpaired) electrons. The lowest BCUT2D eigenvalue weighted by Gasteiger charge is -2.35. The minimum atomic E-state index is -0.659. The number of rotatable bonds is 3. The second-order valence-electron chi connectivity index (χ2n) is 4.96. The maximum atomic E-state index is 14.4. The van der Waals surface area contributed by atoms with Crippen LogP contribution in [-0.4, -0.2) is 31.1 Å². The Labute approximate surface area is 143 Å². The molecule has 2 heterocycles. The van der Waals surface area contributed by atoms with E-state index in [2.05, 4.69) is 10.2 Å². The van der Waals surface area contributed by atoms with Crippen LogP contribution in [0, 0.1) is 11.6 Å². The first-order valence-corrected chi connectivity index (χ1v) is 8.06. The number of nitrogens with one attached hydrogen (secondary N) is 1. The lowest BCUT2D eigenvalue weighted by Crippen LogP contribution is -2.45. The molecule has 0 bridgehead atoms. The van der Waals surface area contributed by atoms with E-state index >= 15 is 0 Å². The smallest absolute Gasteiger partial charge is 0.149 e. The molecule has 1 fully saturated rings. The van der Waals surface area contributed by atoms with Crippen LogP contribution in [0.5, 0.6) is 0 Å². The minimum absolute atomic E-state index is 0. The zero-order chi connectivity index (χ0) is 14.8. The van der Waals surface area contributed by atoms with E-state index in [-0.39, 0.29) is 23.0 Å². The van der Waals surface area contributed by atoms with Crippen molar-refractivity contribution in [1.82, 2.24) is 10.2 Å². The molecule has 0 spiro atoms. The molecule has 2 nitrogen and oxygen atoms in total. The Kier molecular flexibility index (Phi) is 6.17. The van der Waals surface area contributed by atoms with Crippen molar-refractivity contribution in [2.75, 3.05) is 26.2 Å². The number of hydrogen-bond donors (Lipinski definition) is 1. The van der Waals surface area contributed by atoms with Crippen LogP contribution in [0.4, 0.5) is 8.78 Å². The fraction of sp³-hybridized carbons (Fsp3) is 0.333. The highest BCUT2D eigenvalue weighted by molar-refractivity contribution is 7.10. The number of thiophene rings is 1. The van der Waals surface area contributed by atoms with Gasteiger partial charge in [-0.1, -0.05) is 17.7 Å². The van der Waals surface area contributed by atoms with Crippen molar-refractivity contribution in [3.8, 4) is 0 Å². The van der Waals surface area contributed by atoms with Crippen LogP contribution in [0.3, 0.4) is 0 Å². The molecule has 1 saturated heterocycles. The SMILES string of the molecule is Cl.Fc1ccc(Cl)c(F)c1[C@H](c1cccs1)N1CCNCC1. The lowest BCUT2D eigenvalue weighted by molar-refractivity contribution is 0.194. The zero-order valence-corrected chi connectivity index (χ0v) is 14.1. The average Bonchev–Trinajstić information content (AvgIpc) is 3.02. The number of hydrogen-bond acceptors (Lipinski definition) is 3. The van der Waals surface area contributed by atoms with Gasteiger partial charge in [-0.05, 0) is 23.6 Å². The molecule has 1 aliphatic rings. The van der Waals surface area contributed by atoms with Gasteiger partial charge < -0.3 is 5.32 Å². The summed E-state index contributed by atoms with van der Waals surface area (Å²) in [5.41, 5.74) is 0.0480. The Morgan fingerprint density at radius 3 is 2.55 bits per heavy atom. The minimum Gasteiger partial charge on any atom is -0.314 e. The molecule has 2 aromatic rings. The van der Waals surface area contributed by atoms with Crippen molar-refractivity contribution in [1.29, 1.82) is 0 Å². The van der Waals surface area contributed by atoms with Gasteiger partial charge in [0.1, 0.15) is 11.6 Å². The Morgan fingerprint density at radius 2 is 1.91 bits per heavy atom. The van der Waals surface area contributed by atoms with E-state index in [0.29, 0.717) is 0 Å². The van der Waals surface area contributed by atoms with Crippen molar-refractivity contribution in [3.05, 3.63) is 56.7 Å². The summed E-state index contributed by atoms with van der Waals surface area (Å²) in [6.07, 6.45) is 0. The van der Waals surface area contributed by atoms with E-state index in [1.807, 2.05) is 17.5 Å². The van der Waals surface area contributed by atoms with Crippen molar-refractivity contribution in [2.45, 2.75) is 6.04 Å². The van der Waals surface area contributed by atoms with Gasteiger partial charge in [-0.3, -0.25) is 4.90 Å². The number of halogens is 4. The number of piperazine rings is 1. The van der Waals surface area contributed by atoms with Crippen molar-refractivity contribution in [2.24, 2.45) is 0 Å². The molecule has 7 heteroatoms. The van der Waals surface area contributed by atoms with Crippen LogP contribution in [-0.2, 0) is 0 Å². The predicted octanol–water partition coefficient (Wildman–Crippen LogP) is 4.10. The Hall–Kier alpha value is -0.720. The summed E-state index contributed by atoms with van der Waals surface area (Å²) >= 11 is 7.37. The fourth-order valence-corrected chi connectivity index (χ4v) is 3.72. The third-order valence-corrected chi connectivity index (χ3v) is 4.90. The molecule has 1 N–H and O–H groups in total. The van der Waals surface area contributed by atoms with Gasteiger partial charge >= 0.3 is 0 Å². The summed E-state index contributed by atoms with van der Waals surface area (Å²) in [5, 5.41) is 5.14. The second-order valence-corrected chi connectivity index (χ2v) is 6.35. The molecule has 1 aromatic carbocycles. The molecule has 0 saturated carbocycles. The van der Waals surface area contributed by atoms with Crippen LogP contribution in [0.25, 0.3) is 0 Å². The highest BCUT2D eigenvalue weighted by Crippen LogP contribution is 2.36. The molecule has 1 aromatic heterocycles. The lowest BCUT2D eigenvalue weighted by atomic mass is 10.0. The highest BCUT2D eigenvalue weighted by atomic mass is 35.5. The number of nitrogens with zero attached hydrogens (tertiary/aromatic N) is 1. The largest absolute Gasteiger partial charge is 0.314 e. The summed E-state index contributed by atoms with van der Waals surface area (Å²) < 4.78 is 28.7. The quantitative estimate of drug-likeness (QED) is 0.824. The Morgan fingerprint density at radius 1 is 1.18 bits per heavy atom. The molecule has 22 heavy (non-hydrogen) atoms. The predicted molar refractivity (Wildman–Crippen MR) is 89.2 cm³/mol. The van der Waals surface area contributed by atoms with Gasteiger partial charge in [-0.25, -0.2) is 8.78 Å². The van der Waals surface area contributed by atoms with Gasteiger partial charge in [0.2, 0.25) is 0 Å². The van der Waals surface area contributed by atoms with Crippen molar-refractivity contribution >= 4 is 35.3 Å². The Bertz CT molecular complexity index is 616. The van der Waals surface area contributed by atoms with Crippen molar-refractivity contribution in [3.63, 3.8) is 0 Å². The topological polar surface area (TPSA) is 15.3 Å². The van der Waals surface area contributed by atoms with E-state index in [0.717, 1.165) is 31.1 Å². The maximum absolute atomic E-state index is 14.4. The zero-order valence-electron chi connectivity index (χ0n) is 11.7. The normalized spacial score (nSPS) is 17.0. The number of benzene rings is 1. The maximum Gasteiger partial charge on any atom is 0.149 e. The monoisotopic (exact) mass is 364 g/mol. The van der Waals surface area contributed by atoms with Crippen molar-refractivity contribution < 1.29 is 8.78 Å². The van der Waals surface area contributed by atoms with Crippen LogP contribution in [0.15, 0.2) is 29.6 Å². The van der Waals surface area contributed by atoms with E-state index in [9.17, 15) is 8.78 Å². The fourth-order valence-electron chi connectivity index (χ4n) is 2.69. The highest BCUT2D eigenvalue weighted by Gasteiger charge is 2.30. The third kappa shape index (κ3) is 3.44. The molecule has 1 atom stereocenters. The summed E-state index contributed by atoms with van der Waals surface area (Å²) in [4.78, 5) is 3.03. The summed E-state index contributed by atoms with van der Waals surface area (Å²) in [5.74, 6) is -1.21. The Balaban J connectivity index is 0.00000176. The van der Waals surface area contributed by atoms with E-state index in [4.69, 9.17) is 11.6 Å². The van der Waals surface area contributed by atoms with Gasteiger partial charge in [0.05, 0.1) is 11.1 Å². The summed E-state index contributed by atoms with van der Waals surface area (Å²) in [7, 11) is 0. The van der Waals surface area contributed by atoms with Crippen LogP contribution in [0.1, 0.15) is 16.5 Å². The molecule has 0 aliphatic carbocycles. The van der Waals surface area contributed by atoms with Gasteiger partial charge in [0, 0.05) is 36.6 Å². The van der Waals surface area contributed by atoms with Crippen LogP contribution < -0.4 is 5.32 Å². The third-order valence-electron chi connectivity index (χ3n) is 3.68. The van der Waals surface area contributed by atoms with Gasteiger partial charge in [0.25, 0.3) is 0 Å². The van der Waals surface area contributed by atoms with E-state index < -0.39 is 17.7 Å². The standard InChI is InChI=1S/C15H15ClF2N2S.ClH/c16-10-3-4-11(17)13(14(10)18)15(12-2-1-9-21-12)20-7-5-19-6-8-20;/h1-4,9,15,19H,5-8H2;1H/t15-;/m0./s1. The molecular formula is C15H16Cl2F2N2S. The molecule has 1 aliphatic heterocycles. The molecular weight excluding hydrogens is 349 g/mol. The van der Waals surface area contributed by atoms with Crippen LogP contribution in [0.2, 0.25) is 5.02 Å². The molecule has 120 valence electrons. The first-order chi connectivity index (χ1) is 10.2. The average molecular weight is 365 g/mol. The van der Waals surface area contributed by atoms with Crippen LogP contribution >= 0.6 is 35.3 Å². The molecule has 3 rings (SSSR count). The van der Waals surface area contributed by atoms with Gasteiger partial charge in [-0.15, -0.1) is 23.7 Å².